The van der Waals surface area contributed by atoms with E-state index < -0.39 is 10.0 Å². The first-order chi connectivity index (χ1) is 10.5. The third kappa shape index (κ3) is 2.87. The predicted molar refractivity (Wildman–Crippen MR) is 85.7 cm³/mol. The van der Waals surface area contributed by atoms with Crippen molar-refractivity contribution in [1.29, 1.82) is 0 Å². The first kappa shape index (κ1) is 15.8. The van der Waals surface area contributed by atoms with Gasteiger partial charge in [-0.05, 0) is 56.2 Å². The minimum Gasteiger partial charge on any atom is -0.493 e. The highest BCUT2D eigenvalue weighted by Gasteiger charge is 2.31. The quantitative estimate of drug-likeness (QED) is 0.846. The molecule has 0 saturated carbocycles. The molecule has 122 valence electrons. The van der Waals surface area contributed by atoms with Gasteiger partial charge < -0.3 is 9.64 Å². The van der Waals surface area contributed by atoms with E-state index in [0.717, 1.165) is 50.2 Å². The summed E-state index contributed by atoms with van der Waals surface area (Å²) in [6, 6.07) is 5.31. The van der Waals surface area contributed by atoms with Gasteiger partial charge in [0.15, 0.2) is 0 Å². The summed E-state index contributed by atoms with van der Waals surface area (Å²) in [4.78, 5) is 2.75. The standard InChI is InChI=1S/C16H24N2O3S/c1-3-18-9-6-14(7-10-18)17(2)22(19,20)15-4-5-16-13(12-15)8-11-21-16/h4-5,12,14H,3,6-11H2,1-2H3. The average Bonchev–Trinajstić information content (AvgIpc) is 3.01. The average molecular weight is 324 g/mol. The molecule has 0 aromatic heterocycles. The minimum atomic E-state index is -3.43. The lowest BCUT2D eigenvalue weighted by Crippen LogP contribution is -2.45. The third-order valence-corrected chi connectivity index (χ3v) is 6.76. The number of piperidine rings is 1. The zero-order chi connectivity index (χ0) is 15.7. The van der Waals surface area contributed by atoms with Gasteiger partial charge in [0.1, 0.15) is 5.75 Å². The Balaban J connectivity index is 1.77. The highest BCUT2D eigenvalue weighted by Crippen LogP contribution is 2.30. The van der Waals surface area contributed by atoms with Crippen molar-refractivity contribution in [2.24, 2.45) is 0 Å². The number of rotatable bonds is 4. The minimum absolute atomic E-state index is 0.0947. The number of benzene rings is 1. The van der Waals surface area contributed by atoms with Crippen molar-refractivity contribution >= 4 is 10.0 Å². The van der Waals surface area contributed by atoms with Gasteiger partial charge in [-0.15, -0.1) is 0 Å². The molecule has 5 nitrogen and oxygen atoms in total. The van der Waals surface area contributed by atoms with E-state index in [2.05, 4.69) is 11.8 Å². The molecule has 1 aromatic carbocycles. The van der Waals surface area contributed by atoms with Crippen LogP contribution in [0, 0.1) is 0 Å². The fraction of sp³-hybridized carbons (Fsp3) is 0.625. The van der Waals surface area contributed by atoms with E-state index >= 15 is 0 Å². The molecule has 6 heteroatoms. The van der Waals surface area contributed by atoms with Crippen LogP contribution in [0.3, 0.4) is 0 Å². The number of ether oxygens (including phenoxy) is 1. The number of hydrogen-bond donors (Lipinski definition) is 0. The molecule has 0 N–H and O–H groups in total. The Labute approximate surface area is 132 Å². The molecule has 2 aliphatic rings. The molecule has 0 spiro atoms. The summed E-state index contributed by atoms with van der Waals surface area (Å²) in [5.74, 6) is 0.817. The van der Waals surface area contributed by atoms with E-state index in [9.17, 15) is 8.42 Å². The smallest absolute Gasteiger partial charge is 0.243 e. The highest BCUT2D eigenvalue weighted by molar-refractivity contribution is 7.89. The number of hydrogen-bond acceptors (Lipinski definition) is 4. The normalized spacial score (nSPS) is 20.1. The zero-order valence-electron chi connectivity index (χ0n) is 13.3. The predicted octanol–water partition coefficient (Wildman–Crippen LogP) is 1.73. The monoisotopic (exact) mass is 324 g/mol. The van der Waals surface area contributed by atoms with Gasteiger partial charge in [-0.1, -0.05) is 6.92 Å². The molecule has 2 aliphatic heterocycles. The fourth-order valence-electron chi connectivity index (χ4n) is 3.29. The first-order valence-electron chi connectivity index (χ1n) is 7.98. The maximum Gasteiger partial charge on any atom is 0.243 e. The molecule has 2 heterocycles. The van der Waals surface area contributed by atoms with Crippen LogP contribution < -0.4 is 4.74 Å². The van der Waals surface area contributed by atoms with Gasteiger partial charge in [0.2, 0.25) is 10.0 Å². The van der Waals surface area contributed by atoms with Crippen molar-refractivity contribution in [1.82, 2.24) is 9.21 Å². The van der Waals surface area contributed by atoms with Crippen molar-refractivity contribution < 1.29 is 13.2 Å². The molecule has 1 saturated heterocycles. The number of fused-ring (bicyclic) bond motifs is 1. The second-order valence-electron chi connectivity index (χ2n) is 6.05. The largest absolute Gasteiger partial charge is 0.493 e. The van der Waals surface area contributed by atoms with Gasteiger partial charge >= 0.3 is 0 Å². The molecular formula is C16H24N2O3S. The molecule has 0 bridgehead atoms. The van der Waals surface area contributed by atoms with Gasteiger partial charge in [-0.25, -0.2) is 8.42 Å². The highest BCUT2D eigenvalue weighted by atomic mass is 32.2. The molecule has 1 aromatic rings. The lowest BCUT2D eigenvalue weighted by molar-refractivity contribution is 0.176. The van der Waals surface area contributed by atoms with Gasteiger partial charge in [-0.2, -0.15) is 4.31 Å². The Hall–Kier alpha value is -1.11. The summed E-state index contributed by atoms with van der Waals surface area (Å²) in [6.07, 6.45) is 2.59. The molecule has 1 fully saturated rings. The fourth-order valence-corrected chi connectivity index (χ4v) is 4.75. The molecule has 0 atom stereocenters. The van der Waals surface area contributed by atoms with E-state index in [1.807, 2.05) is 0 Å². The lowest BCUT2D eigenvalue weighted by Gasteiger charge is -2.35. The summed E-state index contributed by atoms with van der Waals surface area (Å²) in [7, 11) is -1.71. The van der Waals surface area contributed by atoms with Crippen molar-refractivity contribution in [2.75, 3.05) is 33.3 Å². The van der Waals surface area contributed by atoms with E-state index in [1.54, 1.807) is 29.6 Å². The third-order valence-electron chi connectivity index (χ3n) is 4.86. The Morgan fingerprint density at radius 2 is 2.05 bits per heavy atom. The Morgan fingerprint density at radius 3 is 2.73 bits per heavy atom. The maximum atomic E-state index is 12.9. The SMILES string of the molecule is CCN1CCC(N(C)S(=O)(=O)c2ccc3c(c2)CCO3)CC1. The lowest BCUT2D eigenvalue weighted by atomic mass is 10.1. The summed E-state index contributed by atoms with van der Waals surface area (Å²) >= 11 is 0. The molecule has 3 rings (SSSR count). The van der Waals surface area contributed by atoms with Gasteiger partial charge in [0.05, 0.1) is 11.5 Å². The molecule has 0 amide bonds. The van der Waals surface area contributed by atoms with Gasteiger partial charge in [0.25, 0.3) is 0 Å². The topological polar surface area (TPSA) is 49.9 Å². The van der Waals surface area contributed by atoms with E-state index in [1.165, 1.54) is 0 Å². The number of sulfonamides is 1. The van der Waals surface area contributed by atoms with E-state index in [4.69, 9.17) is 4.74 Å². The Morgan fingerprint density at radius 1 is 1.32 bits per heavy atom. The summed E-state index contributed by atoms with van der Waals surface area (Å²) in [6.45, 7) is 5.77. The van der Waals surface area contributed by atoms with E-state index in [0.29, 0.717) is 11.5 Å². The van der Waals surface area contributed by atoms with Crippen molar-refractivity contribution in [2.45, 2.75) is 37.1 Å². The zero-order valence-corrected chi connectivity index (χ0v) is 14.1. The summed E-state index contributed by atoms with van der Waals surface area (Å²) in [5.41, 5.74) is 0.996. The molecule has 22 heavy (non-hydrogen) atoms. The second-order valence-corrected chi connectivity index (χ2v) is 8.05. The van der Waals surface area contributed by atoms with Crippen LogP contribution in [-0.4, -0.2) is 57.0 Å². The first-order valence-corrected chi connectivity index (χ1v) is 9.42. The molecule has 0 unspecified atom stereocenters. The Bertz CT molecular complexity index is 637. The molecule has 0 aliphatic carbocycles. The number of likely N-dealkylation sites (tertiary alicyclic amines) is 1. The van der Waals surface area contributed by atoms with Crippen LogP contribution in [0.5, 0.6) is 5.75 Å². The molecular weight excluding hydrogens is 300 g/mol. The van der Waals surface area contributed by atoms with Crippen LogP contribution in [0.4, 0.5) is 0 Å². The second kappa shape index (κ2) is 6.18. The van der Waals surface area contributed by atoms with Crippen LogP contribution in [-0.2, 0) is 16.4 Å². The van der Waals surface area contributed by atoms with Crippen LogP contribution in [0.1, 0.15) is 25.3 Å². The number of nitrogens with zero attached hydrogens (tertiary/aromatic N) is 2. The van der Waals surface area contributed by atoms with Gasteiger partial charge in [-0.3, -0.25) is 0 Å². The van der Waals surface area contributed by atoms with Crippen LogP contribution in [0.15, 0.2) is 23.1 Å². The van der Waals surface area contributed by atoms with Crippen LogP contribution in [0.25, 0.3) is 0 Å². The van der Waals surface area contributed by atoms with Crippen LogP contribution >= 0.6 is 0 Å². The summed E-state index contributed by atoms with van der Waals surface area (Å²) < 4.78 is 32.7. The van der Waals surface area contributed by atoms with Crippen molar-refractivity contribution in [3.05, 3.63) is 23.8 Å². The summed E-state index contributed by atoms with van der Waals surface area (Å²) in [5, 5.41) is 0. The van der Waals surface area contributed by atoms with Crippen molar-refractivity contribution in [3.8, 4) is 5.75 Å². The van der Waals surface area contributed by atoms with Gasteiger partial charge in [0, 0.05) is 19.5 Å². The molecule has 0 radical (unpaired) electrons. The van der Waals surface area contributed by atoms with E-state index in [-0.39, 0.29) is 6.04 Å². The maximum absolute atomic E-state index is 12.9. The van der Waals surface area contributed by atoms with Crippen molar-refractivity contribution in [3.63, 3.8) is 0 Å². The van der Waals surface area contributed by atoms with Crippen LogP contribution in [0.2, 0.25) is 0 Å². The Kier molecular flexibility index (Phi) is 4.43.